The molecule has 0 aliphatic carbocycles. The van der Waals surface area contributed by atoms with Crippen LogP contribution in [0, 0.1) is 0 Å². The van der Waals surface area contributed by atoms with Crippen LogP contribution in [-0.4, -0.2) is 55.2 Å². The Balaban J connectivity index is 1.36. The van der Waals surface area contributed by atoms with Gasteiger partial charge in [0.2, 0.25) is 5.91 Å². The van der Waals surface area contributed by atoms with Gasteiger partial charge >= 0.3 is 0 Å². The lowest BCUT2D eigenvalue weighted by molar-refractivity contribution is -0.116. The minimum atomic E-state index is -0.518. The number of hydrogen-bond donors (Lipinski definition) is 1. The Morgan fingerprint density at radius 2 is 1.79 bits per heavy atom. The highest BCUT2D eigenvalue weighted by atomic mass is 35.5. The molecule has 29 heavy (non-hydrogen) atoms. The van der Waals surface area contributed by atoms with Crippen molar-refractivity contribution in [1.82, 2.24) is 4.90 Å². The average molecular weight is 414 g/mol. The van der Waals surface area contributed by atoms with Crippen molar-refractivity contribution in [1.29, 1.82) is 0 Å². The standard InChI is InChI=1S/C23H28ClN3O2/c1-17(28)27-10-2-3-18-15-19(4-9-22(18)27)23(29)16-25-11-13-26(14-12-25)21-7-5-20(24)6-8-21/h4-9,15,23,29H,2-3,10-14,16H2,1H3/t23-/m0/s1. The molecular formula is C23H28ClN3O2. The third-order valence-electron chi connectivity index (χ3n) is 5.98. The number of nitrogens with zero attached hydrogens (tertiary/aromatic N) is 3. The SMILES string of the molecule is CC(=O)N1CCCc2cc([C@@H](O)CN3CCN(c4ccc(Cl)cc4)CC3)ccc21. The summed E-state index contributed by atoms with van der Waals surface area (Å²) in [5.41, 5.74) is 4.29. The molecule has 1 amide bonds. The Labute approximate surface area is 177 Å². The van der Waals surface area contributed by atoms with Crippen molar-refractivity contribution in [2.75, 3.05) is 49.1 Å². The van der Waals surface area contributed by atoms with E-state index in [9.17, 15) is 9.90 Å². The second kappa shape index (κ2) is 8.74. The molecule has 0 radical (unpaired) electrons. The number of anilines is 2. The number of rotatable bonds is 4. The van der Waals surface area contributed by atoms with Crippen LogP contribution in [0.1, 0.15) is 30.6 Å². The Morgan fingerprint density at radius 3 is 2.48 bits per heavy atom. The summed E-state index contributed by atoms with van der Waals surface area (Å²) < 4.78 is 0. The number of carbonyl (C=O) groups excluding carboxylic acids is 1. The Kier molecular flexibility index (Phi) is 6.09. The molecule has 6 heteroatoms. The van der Waals surface area contributed by atoms with Gasteiger partial charge in [-0.15, -0.1) is 0 Å². The lowest BCUT2D eigenvalue weighted by atomic mass is 9.97. The van der Waals surface area contributed by atoms with Gasteiger partial charge in [-0.25, -0.2) is 0 Å². The van der Waals surface area contributed by atoms with Crippen LogP contribution in [-0.2, 0) is 11.2 Å². The summed E-state index contributed by atoms with van der Waals surface area (Å²) in [4.78, 5) is 18.4. The lowest BCUT2D eigenvalue weighted by Gasteiger charge is -2.37. The molecule has 5 nitrogen and oxygen atoms in total. The summed E-state index contributed by atoms with van der Waals surface area (Å²) in [5.74, 6) is 0.0813. The molecule has 2 aliphatic heterocycles. The van der Waals surface area contributed by atoms with Crippen molar-refractivity contribution in [3.8, 4) is 0 Å². The number of benzene rings is 2. The van der Waals surface area contributed by atoms with Crippen molar-refractivity contribution in [2.45, 2.75) is 25.9 Å². The summed E-state index contributed by atoms with van der Waals surface area (Å²) in [6, 6.07) is 14.0. The van der Waals surface area contributed by atoms with Crippen LogP contribution < -0.4 is 9.80 Å². The first-order valence-corrected chi connectivity index (χ1v) is 10.7. The van der Waals surface area contributed by atoms with E-state index >= 15 is 0 Å². The molecule has 0 spiro atoms. The van der Waals surface area contributed by atoms with E-state index in [1.54, 1.807) is 6.92 Å². The van der Waals surface area contributed by atoms with Crippen LogP contribution in [0.25, 0.3) is 0 Å². The van der Waals surface area contributed by atoms with Gasteiger partial charge in [0.25, 0.3) is 0 Å². The van der Waals surface area contributed by atoms with Crippen LogP contribution in [0.5, 0.6) is 0 Å². The number of carbonyl (C=O) groups is 1. The van der Waals surface area contributed by atoms with Crippen molar-refractivity contribution in [2.24, 2.45) is 0 Å². The molecule has 4 rings (SSSR count). The molecule has 1 atom stereocenters. The maximum atomic E-state index is 11.8. The molecule has 2 aliphatic rings. The molecule has 1 N–H and O–H groups in total. The van der Waals surface area contributed by atoms with Crippen LogP contribution in [0.2, 0.25) is 5.02 Å². The van der Waals surface area contributed by atoms with Crippen LogP contribution in [0.3, 0.4) is 0 Å². The molecule has 0 saturated carbocycles. The third-order valence-corrected chi connectivity index (χ3v) is 6.23. The second-order valence-electron chi connectivity index (χ2n) is 7.94. The van der Waals surface area contributed by atoms with E-state index in [-0.39, 0.29) is 5.91 Å². The summed E-state index contributed by atoms with van der Waals surface area (Å²) in [6.45, 7) is 6.73. The molecular weight excluding hydrogens is 386 g/mol. The van der Waals surface area contributed by atoms with E-state index in [0.29, 0.717) is 6.54 Å². The maximum absolute atomic E-state index is 11.8. The number of hydrogen-bond acceptors (Lipinski definition) is 4. The van der Waals surface area contributed by atoms with Gasteiger partial charge in [0.15, 0.2) is 0 Å². The van der Waals surface area contributed by atoms with Gasteiger partial charge in [-0.3, -0.25) is 9.69 Å². The number of piperazine rings is 1. The summed E-state index contributed by atoms with van der Waals surface area (Å²) in [6.07, 6.45) is 1.41. The fourth-order valence-electron chi connectivity index (χ4n) is 4.34. The van der Waals surface area contributed by atoms with E-state index in [1.807, 2.05) is 29.2 Å². The number of β-amino-alcohol motifs (C(OH)–C–C–N with tert-alkyl or cyclic N) is 1. The summed E-state index contributed by atoms with van der Waals surface area (Å²) in [7, 11) is 0. The molecule has 2 aromatic rings. The van der Waals surface area contributed by atoms with Gasteiger partial charge in [-0.1, -0.05) is 23.7 Å². The minimum absolute atomic E-state index is 0.0813. The highest BCUT2D eigenvalue weighted by Gasteiger charge is 2.23. The summed E-state index contributed by atoms with van der Waals surface area (Å²) in [5, 5.41) is 11.6. The summed E-state index contributed by atoms with van der Waals surface area (Å²) >= 11 is 5.98. The number of amides is 1. The molecule has 1 saturated heterocycles. The van der Waals surface area contributed by atoms with Crippen LogP contribution in [0.15, 0.2) is 42.5 Å². The fraction of sp³-hybridized carbons (Fsp3) is 0.435. The number of aliphatic hydroxyl groups excluding tert-OH is 1. The normalized spacial score (nSPS) is 18.4. The van der Waals surface area contributed by atoms with E-state index in [2.05, 4.69) is 28.0 Å². The first-order chi connectivity index (χ1) is 14.0. The Bertz CT molecular complexity index is 863. The molecule has 2 heterocycles. The van der Waals surface area contributed by atoms with Gasteiger partial charge in [-0.2, -0.15) is 0 Å². The maximum Gasteiger partial charge on any atom is 0.223 e. The topological polar surface area (TPSA) is 47.0 Å². The predicted octanol–water partition coefficient (Wildman–Crippen LogP) is 3.49. The minimum Gasteiger partial charge on any atom is -0.387 e. The number of aliphatic hydroxyl groups is 1. The molecule has 154 valence electrons. The zero-order valence-corrected chi connectivity index (χ0v) is 17.6. The van der Waals surface area contributed by atoms with E-state index in [0.717, 1.165) is 67.4 Å². The van der Waals surface area contributed by atoms with E-state index in [1.165, 1.54) is 5.69 Å². The Hall–Kier alpha value is -2.08. The quantitative estimate of drug-likeness (QED) is 0.833. The van der Waals surface area contributed by atoms with Crippen LogP contribution >= 0.6 is 11.6 Å². The third kappa shape index (κ3) is 4.58. The molecule has 2 aromatic carbocycles. The second-order valence-corrected chi connectivity index (χ2v) is 8.38. The van der Waals surface area contributed by atoms with Crippen molar-refractivity contribution < 1.29 is 9.90 Å². The molecule has 1 fully saturated rings. The monoisotopic (exact) mass is 413 g/mol. The zero-order chi connectivity index (χ0) is 20.4. The largest absolute Gasteiger partial charge is 0.387 e. The smallest absolute Gasteiger partial charge is 0.223 e. The Morgan fingerprint density at radius 1 is 1.07 bits per heavy atom. The lowest BCUT2D eigenvalue weighted by Crippen LogP contribution is -2.47. The molecule has 0 unspecified atom stereocenters. The number of aryl methyl sites for hydroxylation is 1. The number of fused-ring (bicyclic) bond motifs is 1. The van der Waals surface area contributed by atoms with Crippen molar-refractivity contribution in [3.63, 3.8) is 0 Å². The van der Waals surface area contributed by atoms with Gasteiger partial charge in [0.1, 0.15) is 0 Å². The van der Waals surface area contributed by atoms with Crippen molar-refractivity contribution in [3.05, 3.63) is 58.6 Å². The molecule has 0 bridgehead atoms. The zero-order valence-electron chi connectivity index (χ0n) is 16.9. The average Bonchev–Trinajstić information content (AvgIpc) is 2.74. The van der Waals surface area contributed by atoms with Gasteiger partial charge < -0.3 is 14.9 Å². The fourth-order valence-corrected chi connectivity index (χ4v) is 4.47. The molecule has 0 aromatic heterocycles. The first kappa shape index (κ1) is 20.2. The number of halogens is 1. The highest BCUT2D eigenvalue weighted by Crippen LogP contribution is 2.30. The first-order valence-electron chi connectivity index (χ1n) is 10.3. The predicted molar refractivity (Wildman–Crippen MR) is 118 cm³/mol. The van der Waals surface area contributed by atoms with E-state index < -0.39 is 6.10 Å². The van der Waals surface area contributed by atoms with Gasteiger partial charge in [0, 0.05) is 62.6 Å². The highest BCUT2D eigenvalue weighted by molar-refractivity contribution is 6.30. The van der Waals surface area contributed by atoms with Gasteiger partial charge in [-0.05, 0) is 54.3 Å². The van der Waals surface area contributed by atoms with Crippen molar-refractivity contribution >= 4 is 28.9 Å². The van der Waals surface area contributed by atoms with E-state index in [4.69, 9.17) is 11.6 Å². The van der Waals surface area contributed by atoms with Crippen LogP contribution in [0.4, 0.5) is 11.4 Å². The van der Waals surface area contributed by atoms with Gasteiger partial charge in [0.05, 0.1) is 6.10 Å².